The van der Waals surface area contributed by atoms with Gasteiger partial charge in [0.25, 0.3) is 0 Å². The normalized spacial score (nSPS) is 28.2. The molecule has 0 aromatic heterocycles. The summed E-state index contributed by atoms with van der Waals surface area (Å²) in [6, 6.07) is 5.64. The monoisotopic (exact) mass is 326 g/mol. The van der Waals surface area contributed by atoms with Crippen LogP contribution in [0.4, 0.5) is 0 Å². The van der Waals surface area contributed by atoms with Crippen LogP contribution < -0.4 is 10.6 Å². The number of carbonyl (C=O) groups excluding carboxylic acids is 1. The van der Waals surface area contributed by atoms with E-state index in [4.69, 9.17) is 23.2 Å². The number of amides is 1. The first kappa shape index (κ1) is 15.1. The highest BCUT2D eigenvalue weighted by atomic mass is 35.5. The molecule has 21 heavy (non-hydrogen) atoms. The van der Waals surface area contributed by atoms with Crippen LogP contribution in [-0.4, -0.2) is 25.5 Å². The summed E-state index contributed by atoms with van der Waals surface area (Å²) in [6.45, 7) is 2.88. The maximum absolute atomic E-state index is 12.2. The summed E-state index contributed by atoms with van der Waals surface area (Å²) in [5, 5.41) is 7.62. The molecule has 3 unspecified atom stereocenters. The Hall–Kier alpha value is -0.770. The highest BCUT2D eigenvalue weighted by molar-refractivity contribution is 6.42. The third-order valence-electron chi connectivity index (χ3n) is 4.47. The van der Waals surface area contributed by atoms with Gasteiger partial charge in [-0.3, -0.25) is 4.79 Å². The zero-order valence-electron chi connectivity index (χ0n) is 11.9. The van der Waals surface area contributed by atoms with E-state index in [0.29, 0.717) is 16.0 Å². The van der Waals surface area contributed by atoms with Crippen molar-refractivity contribution in [3.8, 4) is 0 Å². The van der Waals surface area contributed by atoms with Gasteiger partial charge in [-0.05, 0) is 55.8 Å². The number of benzene rings is 1. The number of hydrogen-bond donors (Lipinski definition) is 2. The molecule has 114 valence electrons. The topological polar surface area (TPSA) is 41.1 Å². The molecule has 1 aliphatic carbocycles. The average Bonchev–Trinajstić information content (AvgIpc) is 3.29. The van der Waals surface area contributed by atoms with E-state index in [1.165, 1.54) is 12.8 Å². The molecule has 1 heterocycles. The summed E-state index contributed by atoms with van der Waals surface area (Å²) in [4.78, 5) is 12.2. The third kappa shape index (κ3) is 3.53. The summed E-state index contributed by atoms with van der Waals surface area (Å²) in [6.07, 6.45) is 3.26. The van der Waals surface area contributed by atoms with Crippen molar-refractivity contribution >= 4 is 29.1 Å². The highest BCUT2D eigenvalue weighted by Gasteiger charge is 2.45. The standard InChI is InChI=1S/C16H20Cl2N2O/c17-14-5-1-4-11(15(14)18)12-7-13(12)16(21)20-9-10-3-2-6-19-8-10/h1,4-5,10,12-13,19H,2-3,6-9H2,(H,20,21). The number of halogens is 2. The molecular formula is C16H20Cl2N2O. The molecule has 0 spiro atoms. The molecule has 2 aliphatic rings. The fourth-order valence-electron chi connectivity index (χ4n) is 3.11. The van der Waals surface area contributed by atoms with Gasteiger partial charge in [0.2, 0.25) is 5.91 Å². The van der Waals surface area contributed by atoms with Crippen molar-refractivity contribution in [3.05, 3.63) is 33.8 Å². The van der Waals surface area contributed by atoms with Crippen molar-refractivity contribution in [1.82, 2.24) is 10.6 Å². The minimum atomic E-state index is 0.0533. The number of piperidine rings is 1. The van der Waals surface area contributed by atoms with E-state index in [-0.39, 0.29) is 17.7 Å². The predicted octanol–water partition coefficient (Wildman–Crippen LogP) is 3.21. The second-order valence-electron chi connectivity index (χ2n) is 6.05. The molecule has 2 N–H and O–H groups in total. The van der Waals surface area contributed by atoms with Crippen LogP contribution >= 0.6 is 23.2 Å². The third-order valence-corrected chi connectivity index (χ3v) is 5.31. The van der Waals surface area contributed by atoms with Crippen LogP contribution in [0.2, 0.25) is 10.0 Å². The van der Waals surface area contributed by atoms with Crippen LogP contribution in [0.5, 0.6) is 0 Å². The number of rotatable bonds is 4. The van der Waals surface area contributed by atoms with Gasteiger partial charge >= 0.3 is 0 Å². The minimum absolute atomic E-state index is 0.0533. The lowest BCUT2D eigenvalue weighted by Crippen LogP contribution is -2.38. The molecule has 1 saturated carbocycles. The highest BCUT2D eigenvalue weighted by Crippen LogP contribution is 2.50. The van der Waals surface area contributed by atoms with Crippen LogP contribution in [0, 0.1) is 11.8 Å². The predicted molar refractivity (Wildman–Crippen MR) is 85.9 cm³/mol. The Morgan fingerprint density at radius 1 is 1.38 bits per heavy atom. The van der Waals surface area contributed by atoms with Crippen molar-refractivity contribution in [1.29, 1.82) is 0 Å². The first-order valence-electron chi connectivity index (χ1n) is 7.59. The molecule has 3 nitrogen and oxygen atoms in total. The molecule has 5 heteroatoms. The number of nitrogens with one attached hydrogen (secondary N) is 2. The van der Waals surface area contributed by atoms with E-state index in [0.717, 1.165) is 31.6 Å². The Bertz CT molecular complexity index is 529. The second-order valence-corrected chi connectivity index (χ2v) is 6.83. The van der Waals surface area contributed by atoms with E-state index >= 15 is 0 Å². The summed E-state index contributed by atoms with van der Waals surface area (Å²) >= 11 is 12.3. The molecule has 3 atom stereocenters. The first-order chi connectivity index (χ1) is 10.2. The summed E-state index contributed by atoms with van der Waals surface area (Å²) < 4.78 is 0. The molecule has 1 aromatic rings. The van der Waals surface area contributed by atoms with Crippen LogP contribution in [-0.2, 0) is 4.79 Å². The molecule has 1 saturated heterocycles. The van der Waals surface area contributed by atoms with E-state index < -0.39 is 0 Å². The van der Waals surface area contributed by atoms with Crippen LogP contribution in [0.1, 0.15) is 30.7 Å². The fourth-order valence-corrected chi connectivity index (χ4v) is 3.56. The van der Waals surface area contributed by atoms with Gasteiger partial charge in [0.15, 0.2) is 0 Å². The summed E-state index contributed by atoms with van der Waals surface area (Å²) in [7, 11) is 0. The minimum Gasteiger partial charge on any atom is -0.356 e. The van der Waals surface area contributed by atoms with Gasteiger partial charge in [0.1, 0.15) is 0 Å². The molecule has 3 rings (SSSR count). The van der Waals surface area contributed by atoms with Gasteiger partial charge in [0.05, 0.1) is 10.0 Å². The van der Waals surface area contributed by atoms with E-state index in [2.05, 4.69) is 10.6 Å². The van der Waals surface area contributed by atoms with Crippen molar-refractivity contribution in [2.45, 2.75) is 25.2 Å². The van der Waals surface area contributed by atoms with Crippen LogP contribution in [0.15, 0.2) is 18.2 Å². The van der Waals surface area contributed by atoms with Gasteiger partial charge in [-0.1, -0.05) is 35.3 Å². The smallest absolute Gasteiger partial charge is 0.223 e. The maximum atomic E-state index is 12.2. The van der Waals surface area contributed by atoms with E-state index in [9.17, 15) is 4.79 Å². The fraction of sp³-hybridized carbons (Fsp3) is 0.562. The molecule has 0 bridgehead atoms. The van der Waals surface area contributed by atoms with Crippen molar-refractivity contribution in [2.24, 2.45) is 11.8 Å². The summed E-state index contributed by atoms with van der Waals surface area (Å²) in [5.41, 5.74) is 1.00. The summed E-state index contributed by atoms with van der Waals surface area (Å²) in [5.74, 6) is 0.995. The van der Waals surface area contributed by atoms with Crippen molar-refractivity contribution < 1.29 is 4.79 Å². The van der Waals surface area contributed by atoms with Gasteiger partial charge in [-0.15, -0.1) is 0 Å². The lowest BCUT2D eigenvalue weighted by Gasteiger charge is -2.22. The Kier molecular flexibility index (Phi) is 4.72. The Morgan fingerprint density at radius 3 is 3.00 bits per heavy atom. The van der Waals surface area contributed by atoms with Crippen molar-refractivity contribution in [2.75, 3.05) is 19.6 Å². The average molecular weight is 327 g/mol. The van der Waals surface area contributed by atoms with Gasteiger partial charge < -0.3 is 10.6 Å². The molecule has 1 aliphatic heterocycles. The SMILES string of the molecule is O=C(NCC1CCCNC1)C1CC1c1cccc(Cl)c1Cl. The number of hydrogen-bond acceptors (Lipinski definition) is 2. The Morgan fingerprint density at radius 2 is 2.24 bits per heavy atom. The van der Waals surface area contributed by atoms with Crippen LogP contribution in [0.3, 0.4) is 0 Å². The zero-order chi connectivity index (χ0) is 14.8. The molecule has 1 aromatic carbocycles. The van der Waals surface area contributed by atoms with Crippen LogP contribution in [0.25, 0.3) is 0 Å². The molecular weight excluding hydrogens is 307 g/mol. The lowest BCUT2D eigenvalue weighted by molar-refractivity contribution is -0.122. The molecule has 1 amide bonds. The van der Waals surface area contributed by atoms with Gasteiger partial charge in [-0.25, -0.2) is 0 Å². The van der Waals surface area contributed by atoms with Gasteiger partial charge in [-0.2, -0.15) is 0 Å². The molecule has 0 radical (unpaired) electrons. The largest absolute Gasteiger partial charge is 0.356 e. The maximum Gasteiger partial charge on any atom is 0.223 e. The Labute approximate surface area is 135 Å². The zero-order valence-corrected chi connectivity index (χ0v) is 13.4. The van der Waals surface area contributed by atoms with E-state index in [1.54, 1.807) is 6.07 Å². The Balaban J connectivity index is 1.52. The lowest BCUT2D eigenvalue weighted by atomic mass is 9.99. The quantitative estimate of drug-likeness (QED) is 0.892. The second kappa shape index (κ2) is 6.55. The first-order valence-corrected chi connectivity index (χ1v) is 8.34. The van der Waals surface area contributed by atoms with Crippen molar-refractivity contribution in [3.63, 3.8) is 0 Å². The number of carbonyl (C=O) groups is 1. The van der Waals surface area contributed by atoms with Gasteiger partial charge in [0, 0.05) is 12.5 Å². The van der Waals surface area contributed by atoms with E-state index in [1.807, 2.05) is 12.1 Å². The molecule has 2 fully saturated rings.